The molecule has 0 aliphatic rings. The number of benzene rings is 1. The molecule has 0 aliphatic heterocycles. The normalized spacial score (nSPS) is 10.4. The molecule has 0 unspecified atom stereocenters. The van der Waals surface area contributed by atoms with Crippen molar-refractivity contribution in [2.75, 3.05) is 11.9 Å². The Morgan fingerprint density at radius 1 is 1.20 bits per heavy atom. The smallest absolute Gasteiger partial charge is 0.311 e. The Bertz CT molecular complexity index is 857. The number of carbonyl (C=O) groups excluding carboxylic acids is 2. The highest BCUT2D eigenvalue weighted by molar-refractivity contribution is 7.10. The fraction of sp³-hybridized carbons (Fsp3) is 0.167. The molecule has 1 N–H and O–H groups in total. The van der Waals surface area contributed by atoms with Gasteiger partial charge in [0, 0.05) is 10.9 Å². The van der Waals surface area contributed by atoms with E-state index in [9.17, 15) is 9.59 Å². The highest BCUT2D eigenvalue weighted by atomic mass is 32.1. The number of ether oxygens (including phenoxy) is 1. The second-order valence-corrected chi connectivity index (χ2v) is 6.42. The molecule has 25 heavy (non-hydrogen) atoms. The number of nitrogens with one attached hydrogen (secondary N) is 1. The van der Waals surface area contributed by atoms with Crippen molar-refractivity contribution in [3.8, 4) is 5.69 Å². The van der Waals surface area contributed by atoms with Crippen molar-refractivity contribution in [2.24, 2.45) is 0 Å². The van der Waals surface area contributed by atoms with Gasteiger partial charge in [-0.2, -0.15) is 5.10 Å². The number of carbonyl (C=O) groups is 2. The number of aryl methyl sites for hydroxylation is 1. The Labute approximate surface area is 149 Å². The lowest BCUT2D eigenvalue weighted by atomic mass is 10.3. The predicted molar refractivity (Wildman–Crippen MR) is 95.9 cm³/mol. The van der Waals surface area contributed by atoms with Crippen LogP contribution in [-0.4, -0.2) is 28.3 Å². The Morgan fingerprint density at radius 2 is 2.00 bits per heavy atom. The van der Waals surface area contributed by atoms with Gasteiger partial charge in [0.25, 0.3) is 5.91 Å². The van der Waals surface area contributed by atoms with Gasteiger partial charge < -0.3 is 10.1 Å². The number of amides is 1. The average Bonchev–Trinajstić information content (AvgIpc) is 3.23. The van der Waals surface area contributed by atoms with Gasteiger partial charge >= 0.3 is 5.97 Å². The minimum Gasteiger partial charge on any atom is -0.455 e. The first-order chi connectivity index (χ1) is 12.1. The number of aromatic nitrogens is 2. The van der Waals surface area contributed by atoms with E-state index in [4.69, 9.17) is 4.74 Å². The van der Waals surface area contributed by atoms with E-state index < -0.39 is 11.9 Å². The van der Waals surface area contributed by atoms with Crippen LogP contribution in [0.4, 0.5) is 5.82 Å². The number of esters is 1. The van der Waals surface area contributed by atoms with E-state index in [0.717, 1.165) is 16.3 Å². The molecule has 7 heteroatoms. The van der Waals surface area contributed by atoms with Crippen LogP contribution in [0.1, 0.15) is 10.6 Å². The lowest BCUT2D eigenvalue weighted by molar-refractivity contribution is -0.146. The van der Waals surface area contributed by atoms with Crippen LogP contribution in [0.25, 0.3) is 5.69 Å². The number of anilines is 1. The Kier molecular flexibility index (Phi) is 5.25. The molecule has 2 heterocycles. The number of nitrogens with zero attached hydrogens (tertiary/aromatic N) is 2. The molecule has 128 valence electrons. The SMILES string of the molecule is Cc1cc(NC(=O)COC(=O)Cc2cccs2)n(-c2ccccc2)n1. The van der Waals surface area contributed by atoms with Crippen molar-refractivity contribution >= 4 is 29.0 Å². The molecule has 0 aliphatic carbocycles. The van der Waals surface area contributed by atoms with Crippen molar-refractivity contribution in [1.29, 1.82) is 0 Å². The van der Waals surface area contributed by atoms with Gasteiger partial charge in [0.2, 0.25) is 0 Å². The summed E-state index contributed by atoms with van der Waals surface area (Å²) in [6.07, 6.45) is 0.173. The monoisotopic (exact) mass is 355 g/mol. The summed E-state index contributed by atoms with van der Waals surface area (Å²) >= 11 is 1.48. The lowest BCUT2D eigenvalue weighted by Crippen LogP contribution is -2.22. The number of hydrogen-bond acceptors (Lipinski definition) is 5. The van der Waals surface area contributed by atoms with Crippen LogP contribution in [-0.2, 0) is 20.7 Å². The molecule has 3 aromatic rings. The average molecular weight is 355 g/mol. The van der Waals surface area contributed by atoms with Gasteiger partial charge in [0.1, 0.15) is 5.82 Å². The maximum Gasteiger partial charge on any atom is 0.311 e. The van der Waals surface area contributed by atoms with Gasteiger partial charge in [-0.3, -0.25) is 9.59 Å². The second-order valence-electron chi connectivity index (χ2n) is 5.38. The molecule has 1 amide bonds. The van der Waals surface area contributed by atoms with Crippen molar-refractivity contribution in [3.63, 3.8) is 0 Å². The van der Waals surface area contributed by atoms with Crippen LogP contribution >= 0.6 is 11.3 Å². The van der Waals surface area contributed by atoms with Crippen LogP contribution in [0.3, 0.4) is 0 Å². The summed E-state index contributed by atoms with van der Waals surface area (Å²) in [4.78, 5) is 24.7. The zero-order valence-electron chi connectivity index (χ0n) is 13.6. The Balaban J connectivity index is 1.59. The van der Waals surface area contributed by atoms with Gasteiger partial charge in [-0.25, -0.2) is 4.68 Å². The van der Waals surface area contributed by atoms with Crippen molar-refractivity contribution in [3.05, 3.63) is 64.5 Å². The standard InChI is InChI=1S/C18H17N3O3S/c1-13-10-16(21(20-13)14-6-3-2-4-7-14)19-17(22)12-24-18(23)11-15-8-5-9-25-15/h2-10H,11-12H2,1H3,(H,19,22). The quantitative estimate of drug-likeness (QED) is 0.690. The molecule has 1 aromatic carbocycles. The van der Waals surface area contributed by atoms with Gasteiger partial charge in [-0.1, -0.05) is 24.3 Å². The third-order valence-corrected chi connectivity index (χ3v) is 4.24. The number of thiophene rings is 1. The fourth-order valence-electron chi connectivity index (χ4n) is 2.29. The molecule has 3 rings (SSSR count). The molecule has 0 spiro atoms. The van der Waals surface area contributed by atoms with E-state index in [0.29, 0.717) is 5.82 Å². The van der Waals surface area contributed by atoms with E-state index in [1.807, 2.05) is 54.8 Å². The molecule has 0 atom stereocenters. The van der Waals surface area contributed by atoms with Crippen LogP contribution in [0.5, 0.6) is 0 Å². The van der Waals surface area contributed by atoms with Crippen molar-refractivity contribution in [1.82, 2.24) is 9.78 Å². The van der Waals surface area contributed by atoms with Crippen molar-refractivity contribution < 1.29 is 14.3 Å². The first kappa shape index (κ1) is 16.9. The third-order valence-electron chi connectivity index (χ3n) is 3.36. The zero-order valence-corrected chi connectivity index (χ0v) is 14.5. The Hall–Kier alpha value is -2.93. The first-order valence-electron chi connectivity index (χ1n) is 7.72. The molecule has 0 radical (unpaired) electrons. The van der Waals surface area contributed by atoms with Gasteiger partial charge in [-0.15, -0.1) is 11.3 Å². The molecule has 6 nitrogen and oxygen atoms in total. The Morgan fingerprint density at radius 3 is 2.72 bits per heavy atom. The predicted octanol–water partition coefficient (Wildman–Crippen LogP) is 2.97. The van der Waals surface area contributed by atoms with Crippen molar-refractivity contribution in [2.45, 2.75) is 13.3 Å². The van der Waals surface area contributed by atoms with Crippen LogP contribution in [0.2, 0.25) is 0 Å². The van der Waals surface area contributed by atoms with Gasteiger partial charge in [0.05, 0.1) is 17.8 Å². The highest BCUT2D eigenvalue weighted by Crippen LogP contribution is 2.16. The number of rotatable bonds is 6. The van der Waals surface area contributed by atoms with Crippen LogP contribution < -0.4 is 5.32 Å². The maximum atomic E-state index is 12.1. The molecule has 0 fully saturated rings. The number of hydrogen-bond donors (Lipinski definition) is 1. The zero-order chi connectivity index (χ0) is 17.6. The molecular formula is C18H17N3O3S. The van der Waals surface area contributed by atoms with Gasteiger partial charge in [0.15, 0.2) is 6.61 Å². The summed E-state index contributed by atoms with van der Waals surface area (Å²) in [7, 11) is 0. The summed E-state index contributed by atoms with van der Waals surface area (Å²) in [5.74, 6) is -0.301. The van der Waals surface area contributed by atoms with Gasteiger partial charge in [-0.05, 0) is 30.5 Å². The molecule has 2 aromatic heterocycles. The molecular weight excluding hydrogens is 338 g/mol. The maximum absolute atomic E-state index is 12.1. The summed E-state index contributed by atoms with van der Waals surface area (Å²) in [5, 5.41) is 9.00. The van der Waals surface area contributed by atoms with E-state index in [1.165, 1.54) is 11.3 Å². The highest BCUT2D eigenvalue weighted by Gasteiger charge is 2.13. The summed E-state index contributed by atoms with van der Waals surface area (Å²) in [5.41, 5.74) is 1.61. The minimum atomic E-state index is -0.426. The first-order valence-corrected chi connectivity index (χ1v) is 8.60. The second kappa shape index (κ2) is 7.76. The largest absolute Gasteiger partial charge is 0.455 e. The van der Waals surface area contributed by atoms with E-state index in [1.54, 1.807) is 10.7 Å². The van der Waals surface area contributed by atoms with E-state index in [2.05, 4.69) is 10.4 Å². The van der Waals surface area contributed by atoms with Crippen LogP contribution in [0, 0.1) is 6.92 Å². The topological polar surface area (TPSA) is 73.2 Å². The number of para-hydroxylation sites is 1. The molecule has 0 saturated carbocycles. The molecule has 0 saturated heterocycles. The van der Waals surface area contributed by atoms with Crippen LogP contribution in [0.15, 0.2) is 53.9 Å². The lowest BCUT2D eigenvalue weighted by Gasteiger charge is -2.09. The third kappa shape index (κ3) is 4.54. The van der Waals surface area contributed by atoms with E-state index >= 15 is 0 Å². The fourth-order valence-corrected chi connectivity index (χ4v) is 2.98. The summed E-state index contributed by atoms with van der Waals surface area (Å²) in [6.45, 7) is 1.51. The summed E-state index contributed by atoms with van der Waals surface area (Å²) < 4.78 is 6.67. The van der Waals surface area contributed by atoms with E-state index in [-0.39, 0.29) is 13.0 Å². The molecule has 0 bridgehead atoms. The minimum absolute atomic E-state index is 0.173. The summed E-state index contributed by atoms with van der Waals surface area (Å²) in [6, 6.07) is 15.0.